The standard InChI is InChI=1S/C15H16ClN3O2/c16-11-3-7-13(8-4-11)19-15(21)18-12-5-1-10(2-6-12)9-14(17)20/h1-8,14,20H,9,17H2,(H2,18,19,21). The summed E-state index contributed by atoms with van der Waals surface area (Å²) >= 11 is 5.77. The van der Waals surface area contributed by atoms with Crippen LogP contribution < -0.4 is 16.4 Å². The number of nitrogens with one attached hydrogen (secondary N) is 2. The summed E-state index contributed by atoms with van der Waals surface area (Å²) < 4.78 is 0. The lowest BCUT2D eigenvalue weighted by Crippen LogP contribution is -2.21. The van der Waals surface area contributed by atoms with Crippen LogP contribution >= 0.6 is 11.6 Å². The Morgan fingerprint density at radius 1 is 1.05 bits per heavy atom. The van der Waals surface area contributed by atoms with E-state index in [0.717, 1.165) is 5.56 Å². The van der Waals surface area contributed by atoms with Crippen LogP contribution in [0.5, 0.6) is 0 Å². The molecule has 0 bridgehead atoms. The fourth-order valence-corrected chi connectivity index (χ4v) is 1.92. The van der Waals surface area contributed by atoms with Gasteiger partial charge in [-0.1, -0.05) is 23.7 Å². The quantitative estimate of drug-likeness (QED) is 0.655. The number of aliphatic hydroxyl groups excluding tert-OH is 1. The molecule has 0 saturated carbocycles. The second-order valence-electron chi connectivity index (χ2n) is 4.55. The molecule has 1 unspecified atom stereocenters. The van der Waals surface area contributed by atoms with E-state index >= 15 is 0 Å². The third-order valence-electron chi connectivity index (χ3n) is 2.76. The SMILES string of the molecule is NC(O)Cc1ccc(NC(=O)Nc2ccc(Cl)cc2)cc1. The van der Waals surface area contributed by atoms with Gasteiger partial charge >= 0.3 is 6.03 Å². The average molecular weight is 306 g/mol. The second kappa shape index (κ2) is 7.08. The van der Waals surface area contributed by atoms with Crippen LogP contribution in [0.2, 0.25) is 5.02 Å². The van der Waals surface area contributed by atoms with Crippen LogP contribution in [0.3, 0.4) is 0 Å². The molecule has 110 valence electrons. The first kappa shape index (κ1) is 15.3. The minimum absolute atomic E-state index is 0.344. The molecule has 0 radical (unpaired) electrons. The first-order valence-corrected chi connectivity index (χ1v) is 6.77. The van der Waals surface area contributed by atoms with Gasteiger partial charge in [0, 0.05) is 22.8 Å². The summed E-state index contributed by atoms with van der Waals surface area (Å²) in [7, 11) is 0. The van der Waals surface area contributed by atoms with E-state index in [0.29, 0.717) is 22.8 Å². The predicted octanol–water partition coefficient (Wildman–Crippen LogP) is 2.80. The van der Waals surface area contributed by atoms with Gasteiger partial charge in [-0.25, -0.2) is 4.79 Å². The second-order valence-corrected chi connectivity index (χ2v) is 4.99. The smallest absolute Gasteiger partial charge is 0.323 e. The molecule has 21 heavy (non-hydrogen) atoms. The molecule has 0 heterocycles. The number of hydrogen-bond acceptors (Lipinski definition) is 3. The Hall–Kier alpha value is -2.08. The number of amides is 2. The normalized spacial score (nSPS) is 11.8. The van der Waals surface area contributed by atoms with E-state index in [4.69, 9.17) is 22.4 Å². The molecular weight excluding hydrogens is 290 g/mol. The van der Waals surface area contributed by atoms with Crippen LogP contribution in [-0.2, 0) is 6.42 Å². The largest absolute Gasteiger partial charge is 0.378 e. The maximum Gasteiger partial charge on any atom is 0.323 e. The summed E-state index contributed by atoms with van der Waals surface area (Å²) in [4.78, 5) is 11.8. The molecule has 5 nitrogen and oxygen atoms in total. The number of hydrogen-bond donors (Lipinski definition) is 4. The third kappa shape index (κ3) is 5.07. The molecule has 5 N–H and O–H groups in total. The highest BCUT2D eigenvalue weighted by molar-refractivity contribution is 6.30. The monoisotopic (exact) mass is 305 g/mol. The molecule has 2 aromatic carbocycles. The van der Waals surface area contributed by atoms with Crippen molar-refractivity contribution in [2.24, 2.45) is 5.73 Å². The number of carbonyl (C=O) groups excluding carboxylic acids is 1. The van der Waals surface area contributed by atoms with Crippen molar-refractivity contribution in [2.75, 3.05) is 10.6 Å². The zero-order valence-corrected chi connectivity index (χ0v) is 12.0. The molecule has 0 aliphatic heterocycles. The van der Waals surface area contributed by atoms with Crippen molar-refractivity contribution in [1.82, 2.24) is 0 Å². The molecule has 1 atom stereocenters. The molecule has 2 rings (SSSR count). The summed E-state index contributed by atoms with van der Waals surface area (Å²) in [6.07, 6.45) is -0.505. The van der Waals surface area contributed by atoms with E-state index in [2.05, 4.69) is 10.6 Å². The molecule has 2 aromatic rings. The predicted molar refractivity (Wildman–Crippen MR) is 84.4 cm³/mol. The lowest BCUT2D eigenvalue weighted by molar-refractivity contribution is 0.183. The molecule has 0 aliphatic rings. The van der Waals surface area contributed by atoms with Crippen LogP contribution in [0.1, 0.15) is 5.56 Å². The average Bonchev–Trinajstić information content (AvgIpc) is 2.43. The number of anilines is 2. The number of rotatable bonds is 4. The third-order valence-corrected chi connectivity index (χ3v) is 3.01. The van der Waals surface area contributed by atoms with Gasteiger partial charge < -0.3 is 21.5 Å². The summed E-state index contributed by atoms with van der Waals surface area (Å²) in [5.41, 5.74) is 7.51. The van der Waals surface area contributed by atoms with Crippen molar-refractivity contribution in [2.45, 2.75) is 12.6 Å². The summed E-state index contributed by atoms with van der Waals surface area (Å²) in [5.74, 6) is 0. The van der Waals surface area contributed by atoms with Crippen LogP contribution in [-0.4, -0.2) is 17.4 Å². The van der Waals surface area contributed by atoms with Crippen molar-refractivity contribution >= 4 is 29.0 Å². The van der Waals surface area contributed by atoms with Gasteiger partial charge in [-0.05, 0) is 42.0 Å². The highest BCUT2D eigenvalue weighted by atomic mass is 35.5. The van der Waals surface area contributed by atoms with Crippen LogP contribution in [0.15, 0.2) is 48.5 Å². The van der Waals surface area contributed by atoms with Crippen LogP contribution in [0.25, 0.3) is 0 Å². The van der Waals surface area contributed by atoms with Crippen molar-refractivity contribution < 1.29 is 9.90 Å². The van der Waals surface area contributed by atoms with E-state index in [1.807, 2.05) is 0 Å². The maximum atomic E-state index is 11.8. The molecule has 0 fully saturated rings. The Bertz CT molecular complexity index is 597. The van der Waals surface area contributed by atoms with Gasteiger partial charge in [0.2, 0.25) is 0 Å². The summed E-state index contributed by atoms with van der Waals surface area (Å²) in [6.45, 7) is 0. The highest BCUT2D eigenvalue weighted by Gasteiger charge is 2.04. The van der Waals surface area contributed by atoms with E-state index in [9.17, 15) is 4.79 Å². The first-order chi connectivity index (χ1) is 10.0. The lowest BCUT2D eigenvalue weighted by atomic mass is 10.1. The van der Waals surface area contributed by atoms with Crippen molar-refractivity contribution in [1.29, 1.82) is 0 Å². The van der Waals surface area contributed by atoms with Crippen molar-refractivity contribution in [3.05, 3.63) is 59.1 Å². The fraction of sp³-hybridized carbons (Fsp3) is 0.133. The van der Waals surface area contributed by atoms with Crippen molar-refractivity contribution in [3.63, 3.8) is 0 Å². The Morgan fingerprint density at radius 3 is 2.00 bits per heavy atom. The zero-order valence-electron chi connectivity index (χ0n) is 11.2. The molecule has 0 aromatic heterocycles. The van der Waals surface area contributed by atoms with Gasteiger partial charge in [0.25, 0.3) is 0 Å². The van der Waals surface area contributed by atoms with E-state index < -0.39 is 6.23 Å². The Morgan fingerprint density at radius 2 is 1.52 bits per heavy atom. The first-order valence-electron chi connectivity index (χ1n) is 6.39. The van der Waals surface area contributed by atoms with Gasteiger partial charge in [-0.2, -0.15) is 0 Å². The van der Waals surface area contributed by atoms with Crippen molar-refractivity contribution in [3.8, 4) is 0 Å². The minimum Gasteiger partial charge on any atom is -0.378 e. The molecule has 0 aliphatic carbocycles. The number of carbonyl (C=O) groups is 1. The topological polar surface area (TPSA) is 87.4 Å². The Labute approximate surface area is 127 Å². The Balaban J connectivity index is 1.91. The molecule has 0 saturated heterocycles. The fourth-order valence-electron chi connectivity index (χ4n) is 1.79. The zero-order chi connectivity index (χ0) is 15.2. The molecule has 6 heteroatoms. The molecule has 0 spiro atoms. The minimum atomic E-state index is -0.878. The molecule has 2 amide bonds. The van der Waals surface area contributed by atoms with Gasteiger partial charge in [0.05, 0.1) is 0 Å². The number of urea groups is 1. The number of halogens is 1. The molecular formula is C15H16ClN3O2. The van der Waals surface area contributed by atoms with E-state index in [1.165, 1.54) is 0 Å². The summed E-state index contributed by atoms with van der Waals surface area (Å²) in [6, 6.07) is 13.6. The van der Waals surface area contributed by atoms with Gasteiger partial charge in [0.15, 0.2) is 0 Å². The van der Waals surface area contributed by atoms with E-state index in [1.54, 1.807) is 48.5 Å². The number of aliphatic hydroxyl groups is 1. The van der Waals surface area contributed by atoms with Crippen LogP contribution in [0, 0.1) is 0 Å². The van der Waals surface area contributed by atoms with Crippen LogP contribution in [0.4, 0.5) is 16.2 Å². The van der Waals surface area contributed by atoms with Gasteiger partial charge in [-0.15, -0.1) is 0 Å². The van der Waals surface area contributed by atoms with Gasteiger partial charge in [0.1, 0.15) is 6.23 Å². The summed E-state index contributed by atoms with van der Waals surface area (Å²) in [5, 5.41) is 15.1. The van der Waals surface area contributed by atoms with Gasteiger partial charge in [-0.3, -0.25) is 0 Å². The highest BCUT2D eigenvalue weighted by Crippen LogP contribution is 2.14. The lowest BCUT2D eigenvalue weighted by Gasteiger charge is -2.09. The number of nitrogens with two attached hydrogens (primary N) is 1. The maximum absolute atomic E-state index is 11.8. The van der Waals surface area contributed by atoms with E-state index in [-0.39, 0.29) is 6.03 Å². The number of benzene rings is 2. The Kier molecular flexibility index (Phi) is 5.16.